The van der Waals surface area contributed by atoms with Gasteiger partial charge < -0.3 is 4.74 Å². The molecule has 0 aliphatic carbocycles. The second kappa shape index (κ2) is 7.33. The summed E-state index contributed by atoms with van der Waals surface area (Å²) < 4.78 is 46.5. The van der Waals surface area contributed by atoms with Gasteiger partial charge in [0.05, 0.1) is 16.8 Å². The van der Waals surface area contributed by atoms with Gasteiger partial charge in [-0.25, -0.2) is 0 Å². The van der Waals surface area contributed by atoms with Crippen LogP contribution in [-0.4, -0.2) is 19.3 Å². The Balaban J connectivity index is 1.52. The van der Waals surface area contributed by atoms with Gasteiger partial charge in [0, 0.05) is 42.3 Å². The van der Waals surface area contributed by atoms with E-state index in [4.69, 9.17) is 4.74 Å². The first-order valence-electron chi connectivity index (χ1n) is 9.04. The SMILES string of the molecule is Cc1c2cc(-n3ccc(OCc4ccc(C(F)(F)F)cn4)cc3=O)ccc2nn1C. The number of aryl methyl sites for hydroxylation is 2. The monoisotopic (exact) mass is 414 g/mol. The van der Waals surface area contributed by atoms with Crippen molar-refractivity contribution in [2.24, 2.45) is 7.05 Å². The van der Waals surface area contributed by atoms with E-state index in [2.05, 4.69) is 10.1 Å². The van der Waals surface area contributed by atoms with Crippen molar-refractivity contribution in [3.63, 3.8) is 0 Å². The first-order chi connectivity index (χ1) is 14.2. The zero-order valence-corrected chi connectivity index (χ0v) is 16.1. The third-order valence-electron chi connectivity index (χ3n) is 4.82. The number of halogens is 3. The number of ether oxygens (including phenoxy) is 1. The zero-order valence-electron chi connectivity index (χ0n) is 16.1. The Kier molecular flexibility index (Phi) is 4.81. The Labute approximate surface area is 169 Å². The standard InChI is InChI=1S/C21H17F3N4O2/c1-13-18-9-16(5-6-19(18)26-27(13)2)28-8-7-17(10-20(28)29)30-12-15-4-3-14(11-25-15)21(22,23)24/h3-11H,12H2,1-2H3. The largest absolute Gasteiger partial charge is 0.487 e. The highest BCUT2D eigenvalue weighted by atomic mass is 19.4. The first-order valence-corrected chi connectivity index (χ1v) is 9.04. The molecule has 4 aromatic rings. The van der Waals surface area contributed by atoms with Crippen LogP contribution < -0.4 is 10.3 Å². The Hall–Kier alpha value is -3.62. The second-order valence-electron chi connectivity index (χ2n) is 6.81. The fraction of sp³-hybridized carbons (Fsp3) is 0.190. The van der Waals surface area contributed by atoms with Crippen LogP contribution in [0.5, 0.6) is 5.75 Å². The molecule has 0 N–H and O–H groups in total. The maximum Gasteiger partial charge on any atom is 0.417 e. The molecule has 30 heavy (non-hydrogen) atoms. The van der Waals surface area contributed by atoms with Crippen molar-refractivity contribution >= 4 is 10.9 Å². The lowest BCUT2D eigenvalue weighted by molar-refractivity contribution is -0.137. The average molecular weight is 414 g/mol. The number of alkyl halides is 3. The van der Waals surface area contributed by atoms with Crippen LogP contribution in [0.2, 0.25) is 0 Å². The number of hydrogen-bond acceptors (Lipinski definition) is 4. The summed E-state index contributed by atoms with van der Waals surface area (Å²) in [5.74, 6) is 0.302. The summed E-state index contributed by atoms with van der Waals surface area (Å²) in [6, 6.07) is 10.7. The van der Waals surface area contributed by atoms with E-state index in [0.29, 0.717) is 17.1 Å². The average Bonchev–Trinajstić information content (AvgIpc) is 2.99. The lowest BCUT2D eigenvalue weighted by Gasteiger charge is -2.10. The van der Waals surface area contributed by atoms with E-state index in [-0.39, 0.29) is 12.2 Å². The van der Waals surface area contributed by atoms with Gasteiger partial charge in [-0.05, 0) is 43.3 Å². The summed E-state index contributed by atoms with van der Waals surface area (Å²) in [6.45, 7) is 1.90. The van der Waals surface area contributed by atoms with Crippen molar-refractivity contribution in [1.29, 1.82) is 0 Å². The summed E-state index contributed by atoms with van der Waals surface area (Å²) >= 11 is 0. The maximum absolute atomic E-state index is 12.6. The van der Waals surface area contributed by atoms with Crippen molar-refractivity contribution in [3.05, 3.63) is 82.2 Å². The van der Waals surface area contributed by atoms with Gasteiger partial charge in [-0.3, -0.25) is 19.0 Å². The molecule has 0 saturated heterocycles. The quantitative estimate of drug-likeness (QED) is 0.506. The van der Waals surface area contributed by atoms with E-state index in [1.807, 2.05) is 32.2 Å². The van der Waals surface area contributed by atoms with Crippen LogP contribution in [0.15, 0.2) is 59.7 Å². The van der Waals surface area contributed by atoms with E-state index in [1.165, 1.54) is 16.7 Å². The van der Waals surface area contributed by atoms with E-state index in [0.717, 1.165) is 28.9 Å². The normalized spacial score (nSPS) is 11.8. The van der Waals surface area contributed by atoms with Gasteiger partial charge in [0.15, 0.2) is 0 Å². The van der Waals surface area contributed by atoms with Gasteiger partial charge in [0.25, 0.3) is 5.56 Å². The molecule has 0 bridgehead atoms. The molecular weight excluding hydrogens is 397 g/mol. The summed E-state index contributed by atoms with van der Waals surface area (Å²) in [5, 5.41) is 5.35. The summed E-state index contributed by atoms with van der Waals surface area (Å²) in [7, 11) is 1.86. The summed E-state index contributed by atoms with van der Waals surface area (Å²) in [6.07, 6.45) is -2.09. The highest BCUT2D eigenvalue weighted by Gasteiger charge is 2.30. The van der Waals surface area contributed by atoms with Crippen LogP contribution in [0.25, 0.3) is 16.6 Å². The van der Waals surface area contributed by atoms with Gasteiger partial charge in [-0.2, -0.15) is 18.3 Å². The molecule has 0 radical (unpaired) electrons. The molecule has 0 fully saturated rings. The minimum atomic E-state index is -4.44. The number of benzene rings is 1. The molecule has 154 valence electrons. The maximum atomic E-state index is 12.6. The summed E-state index contributed by atoms with van der Waals surface area (Å²) in [5.41, 5.74) is 1.73. The smallest absolute Gasteiger partial charge is 0.417 e. The van der Waals surface area contributed by atoms with Crippen LogP contribution in [0.4, 0.5) is 13.2 Å². The predicted octanol–water partition coefficient (Wildman–Crippen LogP) is 4.03. The van der Waals surface area contributed by atoms with Crippen LogP contribution >= 0.6 is 0 Å². The van der Waals surface area contributed by atoms with Crippen molar-refractivity contribution in [2.75, 3.05) is 0 Å². The van der Waals surface area contributed by atoms with Crippen LogP contribution in [0.1, 0.15) is 17.0 Å². The number of aromatic nitrogens is 4. The second-order valence-corrected chi connectivity index (χ2v) is 6.81. The number of fused-ring (bicyclic) bond motifs is 1. The molecule has 0 atom stereocenters. The van der Waals surface area contributed by atoms with Gasteiger partial charge in [0.2, 0.25) is 0 Å². The molecule has 0 amide bonds. The molecule has 0 saturated carbocycles. The van der Waals surface area contributed by atoms with E-state index in [1.54, 1.807) is 16.9 Å². The fourth-order valence-corrected chi connectivity index (χ4v) is 3.06. The Morgan fingerprint density at radius 3 is 2.57 bits per heavy atom. The van der Waals surface area contributed by atoms with Gasteiger partial charge >= 0.3 is 6.18 Å². The summed E-state index contributed by atoms with van der Waals surface area (Å²) in [4.78, 5) is 16.3. The Bertz CT molecular complexity index is 1270. The van der Waals surface area contributed by atoms with Gasteiger partial charge in [-0.1, -0.05) is 0 Å². The molecule has 1 aromatic carbocycles. The van der Waals surface area contributed by atoms with Crippen molar-refractivity contribution in [2.45, 2.75) is 19.7 Å². The van der Waals surface area contributed by atoms with E-state index < -0.39 is 11.7 Å². The molecule has 0 spiro atoms. The van der Waals surface area contributed by atoms with E-state index >= 15 is 0 Å². The number of hydrogen-bond donors (Lipinski definition) is 0. The molecule has 0 aliphatic heterocycles. The molecule has 4 rings (SSSR count). The molecule has 6 nitrogen and oxygen atoms in total. The van der Waals surface area contributed by atoms with Crippen molar-refractivity contribution in [3.8, 4) is 11.4 Å². The minimum Gasteiger partial charge on any atom is -0.487 e. The van der Waals surface area contributed by atoms with Crippen molar-refractivity contribution in [1.82, 2.24) is 19.3 Å². The number of rotatable bonds is 4. The molecule has 0 unspecified atom stereocenters. The van der Waals surface area contributed by atoms with Crippen LogP contribution in [-0.2, 0) is 19.8 Å². The third kappa shape index (κ3) is 3.78. The Morgan fingerprint density at radius 1 is 1.10 bits per heavy atom. The molecule has 0 aliphatic rings. The highest BCUT2D eigenvalue weighted by Crippen LogP contribution is 2.28. The van der Waals surface area contributed by atoms with Gasteiger partial charge in [0.1, 0.15) is 12.4 Å². The lowest BCUT2D eigenvalue weighted by atomic mass is 10.2. The third-order valence-corrected chi connectivity index (χ3v) is 4.82. The molecular formula is C21H17F3N4O2. The fourth-order valence-electron chi connectivity index (χ4n) is 3.06. The minimum absolute atomic E-state index is 0.0531. The molecule has 9 heteroatoms. The first kappa shape index (κ1) is 19.7. The van der Waals surface area contributed by atoms with E-state index in [9.17, 15) is 18.0 Å². The van der Waals surface area contributed by atoms with Crippen LogP contribution in [0, 0.1) is 6.92 Å². The lowest BCUT2D eigenvalue weighted by Crippen LogP contribution is -2.16. The topological polar surface area (TPSA) is 61.9 Å². The Morgan fingerprint density at radius 2 is 1.90 bits per heavy atom. The number of pyridine rings is 2. The zero-order chi connectivity index (χ0) is 21.5. The predicted molar refractivity (Wildman–Crippen MR) is 105 cm³/mol. The molecule has 3 heterocycles. The molecule has 3 aromatic heterocycles. The number of nitrogens with zero attached hydrogens (tertiary/aromatic N) is 4. The highest BCUT2D eigenvalue weighted by molar-refractivity contribution is 5.83. The van der Waals surface area contributed by atoms with Crippen LogP contribution in [0.3, 0.4) is 0 Å². The van der Waals surface area contributed by atoms with Crippen molar-refractivity contribution < 1.29 is 17.9 Å². The van der Waals surface area contributed by atoms with Gasteiger partial charge in [-0.15, -0.1) is 0 Å².